The summed E-state index contributed by atoms with van der Waals surface area (Å²) in [5, 5.41) is 8.95. The van der Waals surface area contributed by atoms with E-state index in [4.69, 9.17) is 5.11 Å². The van der Waals surface area contributed by atoms with E-state index in [9.17, 15) is 0 Å². The lowest BCUT2D eigenvalue weighted by atomic mass is 10.2. The molecule has 0 atom stereocenters. The van der Waals surface area contributed by atoms with Crippen LogP contribution in [0, 0.1) is 0 Å². The molecule has 3 heteroatoms. The molecule has 1 nitrogen and oxygen atoms in total. The molecular weight excluding hydrogens is 296 g/mol. The predicted molar refractivity (Wildman–Crippen MR) is 76.1 cm³/mol. The van der Waals surface area contributed by atoms with Crippen molar-refractivity contribution in [3.05, 3.63) is 64.1 Å². The average molecular weight is 309 g/mol. The van der Waals surface area contributed by atoms with Gasteiger partial charge in [-0.15, -0.1) is 11.8 Å². The molecule has 2 rings (SSSR count). The van der Waals surface area contributed by atoms with Crippen molar-refractivity contribution in [2.75, 3.05) is 0 Å². The number of aliphatic hydroxyl groups is 1. The largest absolute Gasteiger partial charge is 0.392 e. The van der Waals surface area contributed by atoms with Crippen molar-refractivity contribution < 1.29 is 5.11 Å². The van der Waals surface area contributed by atoms with E-state index in [0.717, 1.165) is 15.8 Å². The van der Waals surface area contributed by atoms with Gasteiger partial charge in [0.2, 0.25) is 0 Å². The third-order valence-corrected chi connectivity index (χ3v) is 4.04. The SMILES string of the molecule is OCc1ccc(CSc2ccc(Br)cc2)cc1. The Morgan fingerprint density at radius 1 is 0.882 bits per heavy atom. The van der Waals surface area contributed by atoms with Gasteiger partial charge in [0.05, 0.1) is 6.61 Å². The zero-order chi connectivity index (χ0) is 12.1. The molecule has 0 bridgehead atoms. The fourth-order valence-electron chi connectivity index (χ4n) is 1.44. The second-order valence-electron chi connectivity index (χ2n) is 3.72. The smallest absolute Gasteiger partial charge is 0.0681 e. The fourth-order valence-corrected chi connectivity index (χ4v) is 2.56. The summed E-state index contributed by atoms with van der Waals surface area (Å²) in [6, 6.07) is 16.4. The lowest BCUT2D eigenvalue weighted by molar-refractivity contribution is 0.282. The molecule has 0 spiro atoms. The molecule has 2 aromatic rings. The minimum Gasteiger partial charge on any atom is -0.392 e. The van der Waals surface area contributed by atoms with Crippen molar-refractivity contribution >= 4 is 27.7 Å². The van der Waals surface area contributed by atoms with E-state index in [1.807, 2.05) is 23.9 Å². The normalized spacial score (nSPS) is 10.5. The van der Waals surface area contributed by atoms with E-state index in [2.05, 4.69) is 52.3 Å². The van der Waals surface area contributed by atoms with Crippen LogP contribution in [0.2, 0.25) is 0 Å². The molecule has 0 aliphatic rings. The Bertz CT molecular complexity index is 465. The van der Waals surface area contributed by atoms with Gasteiger partial charge in [0.25, 0.3) is 0 Å². The summed E-state index contributed by atoms with van der Waals surface area (Å²) in [6.45, 7) is 0.111. The molecule has 0 heterocycles. The Morgan fingerprint density at radius 2 is 1.47 bits per heavy atom. The van der Waals surface area contributed by atoms with Crippen molar-refractivity contribution in [1.82, 2.24) is 0 Å². The number of halogens is 1. The van der Waals surface area contributed by atoms with Crippen LogP contribution >= 0.6 is 27.7 Å². The Hall–Kier alpha value is -0.770. The summed E-state index contributed by atoms with van der Waals surface area (Å²) in [6.07, 6.45) is 0. The van der Waals surface area contributed by atoms with Gasteiger partial charge in [-0.25, -0.2) is 0 Å². The van der Waals surface area contributed by atoms with Gasteiger partial charge in [0, 0.05) is 15.1 Å². The second kappa shape index (κ2) is 6.24. The summed E-state index contributed by atoms with van der Waals surface area (Å²) >= 11 is 5.24. The highest BCUT2D eigenvalue weighted by Gasteiger charge is 1.97. The molecule has 0 aliphatic heterocycles. The molecule has 17 heavy (non-hydrogen) atoms. The van der Waals surface area contributed by atoms with Crippen molar-refractivity contribution in [3.8, 4) is 0 Å². The molecule has 0 saturated heterocycles. The van der Waals surface area contributed by atoms with E-state index in [0.29, 0.717) is 0 Å². The lowest BCUT2D eigenvalue weighted by Gasteiger charge is -2.03. The van der Waals surface area contributed by atoms with Crippen LogP contribution in [0.5, 0.6) is 0 Å². The van der Waals surface area contributed by atoms with E-state index in [-0.39, 0.29) is 6.61 Å². The molecule has 0 amide bonds. The highest BCUT2D eigenvalue weighted by molar-refractivity contribution is 9.10. The molecule has 0 radical (unpaired) electrons. The van der Waals surface area contributed by atoms with Crippen molar-refractivity contribution in [3.63, 3.8) is 0 Å². The third-order valence-electron chi connectivity index (χ3n) is 2.42. The van der Waals surface area contributed by atoms with Crippen molar-refractivity contribution in [2.24, 2.45) is 0 Å². The summed E-state index contributed by atoms with van der Waals surface area (Å²) in [7, 11) is 0. The highest BCUT2D eigenvalue weighted by atomic mass is 79.9. The maximum absolute atomic E-state index is 8.95. The quantitative estimate of drug-likeness (QED) is 0.853. The van der Waals surface area contributed by atoms with Gasteiger partial charge in [0.15, 0.2) is 0 Å². The minimum absolute atomic E-state index is 0.111. The van der Waals surface area contributed by atoms with Crippen LogP contribution in [0.3, 0.4) is 0 Å². The summed E-state index contributed by atoms with van der Waals surface area (Å²) in [4.78, 5) is 1.26. The molecule has 0 unspecified atom stereocenters. The van der Waals surface area contributed by atoms with Crippen LogP contribution in [0.15, 0.2) is 57.9 Å². The fraction of sp³-hybridized carbons (Fsp3) is 0.143. The van der Waals surface area contributed by atoms with Crippen LogP contribution in [-0.2, 0) is 12.4 Å². The van der Waals surface area contributed by atoms with Crippen LogP contribution in [-0.4, -0.2) is 5.11 Å². The topological polar surface area (TPSA) is 20.2 Å². The zero-order valence-electron chi connectivity index (χ0n) is 9.27. The molecule has 0 saturated carbocycles. The van der Waals surface area contributed by atoms with E-state index in [1.54, 1.807) is 0 Å². The number of rotatable bonds is 4. The number of hydrogen-bond donors (Lipinski definition) is 1. The minimum atomic E-state index is 0.111. The van der Waals surface area contributed by atoms with Gasteiger partial charge in [0.1, 0.15) is 0 Å². The van der Waals surface area contributed by atoms with E-state index < -0.39 is 0 Å². The monoisotopic (exact) mass is 308 g/mol. The number of hydrogen-bond acceptors (Lipinski definition) is 2. The molecule has 1 N–H and O–H groups in total. The maximum Gasteiger partial charge on any atom is 0.0681 e. The van der Waals surface area contributed by atoms with Gasteiger partial charge in [-0.3, -0.25) is 0 Å². The molecule has 2 aromatic carbocycles. The van der Waals surface area contributed by atoms with Gasteiger partial charge in [-0.2, -0.15) is 0 Å². The van der Waals surface area contributed by atoms with Gasteiger partial charge >= 0.3 is 0 Å². The Morgan fingerprint density at radius 3 is 2.06 bits per heavy atom. The van der Waals surface area contributed by atoms with Crippen molar-refractivity contribution in [2.45, 2.75) is 17.3 Å². The zero-order valence-corrected chi connectivity index (χ0v) is 11.7. The van der Waals surface area contributed by atoms with Crippen LogP contribution in [0.1, 0.15) is 11.1 Å². The van der Waals surface area contributed by atoms with Gasteiger partial charge in [-0.05, 0) is 35.4 Å². The summed E-state index contributed by atoms with van der Waals surface area (Å²) in [5.41, 5.74) is 2.23. The maximum atomic E-state index is 8.95. The first-order chi connectivity index (χ1) is 8.28. The molecule has 0 fully saturated rings. The first kappa shape index (κ1) is 12.7. The Kier molecular flexibility index (Phi) is 4.66. The molecular formula is C14H13BrOS. The van der Waals surface area contributed by atoms with E-state index >= 15 is 0 Å². The Balaban J connectivity index is 1.95. The summed E-state index contributed by atoms with van der Waals surface area (Å²) in [5.74, 6) is 0.952. The van der Waals surface area contributed by atoms with Crippen LogP contribution in [0.4, 0.5) is 0 Å². The molecule has 0 aliphatic carbocycles. The number of aliphatic hydroxyl groups excluding tert-OH is 1. The first-order valence-electron chi connectivity index (χ1n) is 5.35. The molecule has 88 valence electrons. The summed E-state index contributed by atoms with van der Waals surface area (Å²) < 4.78 is 1.11. The highest BCUT2D eigenvalue weighted by Crippen LogP contribution is 2.24. The Labute approximate surface area is 114 Å². The molecule has 0 aromatic heterocycles. The van der Waals surface area contributed by atoms with Crippen molar-refractivity contribution in [1.29, 1.82) is 0 Å². The van der Waals surface area contributed by atoms with Gasteiger partial charge < -0.3 is 5.11 Å². The number of benzene rings is 2. The van der Waals surface area contributed by atoms with Gasteiger partial charge in [-0.1, -0.05) is 40.2 Å². The second-order valence-corrected chi connectivity index (χ2v) is 5.68. The predicted octanol–water partition coefficient (Wildman–Crippen LogP) is 4.23. The van der Waals surface area contributed by atoms with Crippen LogP contribution < -0.4 is 0 Å². The average Bonchev–Trinajstić information content (AvgIpc) is 2.39. The van der Waals surface area contributed by atoms with E-state index in [1.165, 1.54) is 10.5 Å². The first-order valence-corrected chi connectivity index (χ1v) is 7.13. The third kappa shape index (κ3) is 3.87. The standard InChI is InChI=1S/C14H13BrOS/c15-13-5-7-14(8-6-13)17-10-12-3-1-11(9-16)2-4-12/h1-8,16H,9-10H2. The van der Waals surface area contributed by atoms with Crippen LogP contribution in [0.25, 0.3) is 0 Å². The lowest BCUT2D eigenvalue weighted by Crippen LogP contribution is -1.85. The number of thioether (sulfide) groups is 1.